The van der Waals surface area contributed by atoms with Gasteiger partial charge in [-0.15, -0.1) is 13.0 Å². The molecule has 1 unspecified atom stereocenters. The second kappa shape index (κ2) is 9.26. The maximum Gasteiger partial charge on any atom is 0.237 e. The normalized spacial score (nSPS) is 18.6. The first kappa shape index (κ1) is 18.2. The van der Waals surface area contributed by atoms with Crippen LogP contribution in [0.25, 0.3) is 0 Å². The summed E-state index contributed by atoms with van der Waals surface area (Å²) in [6.07, 6.45) is 8.12. The quantitative estimate of drug-likeness (QED) is 0.535. The molecule has 1 fully saturated rings. The second-order valence-electron chi connectivity index (χ2n) is 6.00. The summed E-state index contributed by atoms with van der Waals surface area (Å²) in [5.74, 6) is 2.88. The van der Waals surface area contributed by atoms with Crippen LogP contribution >= 0.6 is 0 Å². The minimum absolute atomic E-state index is 0.0670. The van der Waals surface area contributed by atoms with Gasteiger partial charge in [-0.25, -0.2) is 0 Å². The molecule has 1 aliphatic rings. The van der Waals surface area contributed by atoms with Crippen LogP contribution in [0, 0.1) is 18.3 Å². The van der Waals surface area contributed by atoms with Crippen LogP contribution in [-0.2, 0) is 9.59 Å². The van der Waals surface area contributed by atoms with Gasteiger partial charge in [-0.05, 0) is 18.9 Å². The van der Waals surface area contributed by atoms with Crippen LogP contribution in [0.15, 0.2) is 12.7 Å². The maximum atomic E-state index is 12.4. The molecular formula is C17H27N3O2. The summed E-state index contributed by atoms with van der Waals surface area (Å²) in [6, 6.07) is -0.398. The number of nitrogens with one attached hydrogen (secondary N) is 1. The summed E-state index contributed by atoms with van der Waals surface area (Å²) in [7, 11) is 0. The molecular weight excluding hydrogens is 278 g/mol. The fraction of sp³-hybridized carbons (Fsp3) is 0.647. The zero-order chi connectivity index (χ0) is 16.5. The van der Waals surface area contributed by atoms with Crippen molar-refractivity contribution < 1.29 is 9.59 Å². The molecule has 0 aromatic carbocycles. The number of terminal acetylenes is 1. The van der Waals surface area contributed by atoms with Crippen molar-refractivity contribution >= 4 is 11.8 Å². The van der Waals surface area contributed by atoms with Gasteiger partial charge in [0.25, 0.3) is 0 Å². The molecule has 1 atom stereocenters. The summed E-state index contributed by atoms with van der Waals surface area (Å²) < 4.78 is 0. The van der Waals surface area contributed by atoms with Crippen molar-refractivity contribution in [2.45, 2.75) is 32.7 Å². The molecule has 0 aromatic rings. The van der Waals surface area contributed by atoms with E-state index in [1.54, 1.807) is 11.0 Å². The average molecular weight is 305 g/mol. The Kier molecular flexibility index (Phi) is 7.69. The number of hydrogen-bond acceptors (Lipinski definition) is 3. The highest BCUT2D eigenvalue weighted by Crippen LogP contribution is 2.13. The molecule has 0 radical (unpaired) electrons. The van der Waals surface area contributed by atoms with E-state index < -0.39 is 6.04 Å². The molecule has 22 heavy (non-hydrogen) atoms. The van der Waals surface area contributed by atoms with E-state index in [4.69, 9.17) is 6.42 Å². The summed E-state index contributed by atoms with van der Waals surface area (Å²) in [5.41, 5.74) is 0. The third-order valence-electron chi connectivity index (χ3n) is 3.79. The molecule has 122 valence electrons. The molecule has 0 aromatic heterocycles. The predicted octanol–water partition coefficient (Wildman–Crippen LogP) is 0.871. The van der Waals surface area contributed by atoms with Crippen LogP contribution in [0.3, 0.4) is 0 Å². The van der Waals surface area contributed by atoms with Gasteiger partial charge in [0.05, 0.1) is 19.0 Å². The number of amides is 2. The first-order valence-electron chi connectivity index (χ1n) is 7.83. The molecule has 1 rings (SSSR count). The zero-order valence-corrected chi connectivity index (χ0v) is 13.7. The standard InChI is InChI=1S/C17H27N3O2/c1-5-9-20(10-6-2)16(21)13-15-17(22)18-8-12-19(15)11-7-14(3)4/h1,6,14-15H,2,7-13H2,3-4H3,(H,18,22). The Morgan fingerprint density at radius 2 is 2.36 bits per heavy atom. The topological polar surface area (TPSA) is 52.7 Å². The summed E-state index contributed by atoms with van der Waals surface area (Å²) in [6.45, 7) is 10.9. The van der Waals surface area contributed by atoms with Crippen LogP contribution in [0.1, 0.15) is 26.7 Å². The molecule has 0 saturated carbocycles. The monoisotopic (exact) mass is 305 g/mol. The minimum Gasteiger partial charge on any atom is -0.353 e. The van der Waals surface area contributed by atoms with Crippen molar-refractivity contribution in [3.05, 3.63) is 12.7 Å². The van der Waals surface area contributed by atoms with Gasteiger partial charge < -0.3 is 10.2 Å². The molecule has 0 bridgehead atoms. The van der Waals surface area contributed by atoms with E-state index in [0.717, 1.165) is 19.5 Å². The molecule has 5 nitrogen and oxygen atoms in total. The number of hydrogen-bond donors (Lipinski definition) is 1. The van der Waals surface area contributed by atoms with E-state index in [9.17, 15) is 9.59 Å². The third kappa shape index (κ3) is 5.53. The van der Waals surface area contributed by atoms with E-state index in [0.29, 0.717) is 19.0 Å². The highest BCUT2D eigenvalue weighted by atomic mass is 16.2. The first-order chi connectivity index (χ1) is 10.5. The van der Waals surface area contributed by atoms with Crippen molar-refractivity contribution in [3.63, 3.8) is 0 Å². The van der Waals surface area contributed by atoms with Crippen LogP contribution < -0.4 is 5.32 Å². The Bertz CT molecular complexity index is 440. The van der Waals surface area contributed by atoms with E-state index in [1.165, 1.54) is 0 Å². The van der Waals surface area contributed by atoms with E-state index in [2.05, 4.69) is 36.6 Å². The lowest BCUT2D eigenvalue weighted by molar-refractivity contribution is -0.138. The van der Waals surface area contributed by atoms with Crippen molar-refractivity contribution in [1.82, 2.24) is 15.1 Å². The Hall–Kier alpha value is -1.80. The lowest BCUT2D eigenvalue weighted by atomic mass is 10.0. The molecule has 1 N–H and O–H groups in total. The maximum absolute atomic E-state index is 12.4. The van der Waals surface area contributed by atoms with E-state index >= 15 is 0 Å². The Morgan fingerprint density at radius 1 is 1.64 bits per heavy atom. The second-order valence-corrected chi connectivity index (χ2v) is 6.00. The highest BCUT2D eigenvalue weighted by Gasteiger charge is 2.32. The third-order valence-corrected chi connectivity index (χ3v) is 3.79. The molecule has 1 saturated heterocycles. The Morgan fingerprint density at radius 3 is 2.95 bits per heavy atom. The molecule has 0 spiro atoms. The number of piperazine rings is 1. The number of nitrogens with zero attached hydrogens (tertiary/aromatic N) is 2. The van der Waals surface area contributed by atoms with Crippen LogP contribution in [0.4, 0.5) is 0 Å². The van der Waals surface area contributed by atoms with Crippen LogP contribution in [-0.4, -0.2) is 60.4 Å². The molecule has 2 amide bonds. The van der Waals surface area contributed by atoms with Gasteiger partial charge >= 0.3 is 0 Å². The van der Waals surface area contributed by atoms with Gasteiger partial charge in [-0.3, -0.25) is 14.5 Å². The van der Waals surface area contributed by atoms with Crippen LogP contribution in [0.5, 0.6) is 0 Å². The lowest BCUT2D eigenvalue weighted by Gasteiger charge is -2.35. The van der Waals surface area contributed by atoms with Crippen molar-refractivity contribution in [3.8, 4) is 12.3 Å². The van der Waals surface area contributed by atoms with Gasteiger partial charge in [-0.2, -0.15) is 0 Å². The molecule has 5 heteroatoms. The van der Waals surface area contributed by atoms with Gasteiger partial charge in [0.1, 0.15) is 0 Å². The molecule has 1 aliphatic heterocycles. The largest absolute Gasteiger partial charge is 0.353 e. The van der Waals surface area contributed by atoms with E-state index in [-0.39, 0.29) is 24.8 Å². The van der Waals surface area contributed by atoms with Crippen LogP contribution in [0.2, 0.25) is 0 Å². The minimum atomic E-state index is -0.398. The summed E-state index contributed by atoms with van der Waals surface area (Å²) in [4.78, 5) is 28.2. The average Bonchev–Trinajstić information content (AvgIpc) is 2.47. The first-order valence-corrected chi connectivity index (χ1v) is 7.83. The van der Waals surface area contributed by atoms with Gasteiger partial charge in [0.15, 0.2) is 0 Å². The summed E-state index contributed by atoms with van der Waals surface area (Å²) >= 11 is 0. The lowest BCUT2D eigenvalue weighted by Crippen LogP contribution is -2.57. The SMILES string of the molecule is C#CCN(CC=C)C(=O)CC1C(=O)NCCN1CCC(C)C. The van der Waals surface area contributed by atoms with Crippen molar-refractivity contribution in [2.24, 2.45) is 5.92 Å². The van der Waals surface area contributed by atoms with Gasteiger partial charge in [-0.1, -0.05) is 25.8 Å². The van der Waals surface area contributed by atoms with Crippen molar-refractivity contribution in [1.29, 1.82) is 0 Å². The van der Waals surface area contributed by atoms with E-state index in [1.807, 2.05) is 0 Å². The summed E-state index contributed by atoms with van der Waals surface area (Å²) in [5, 5.41) is 2.85. The molecule has 0 aliphatic carbocycles. The van der Waals surface area contributed by atoms with Crippen molar-refractivity contribution in [2.75, 3.05) is 32.7 Å². The fourth-order valence-corrected chi connectivity index (χ4v) is 2.49. The Labute approximate surface area is 133 Å². The number of carbonyl (C=O) groups excluding carboxylic acids is 2. The smallest absolute Gasteiger partial charge is 0.237 e. The van der Waals surface area contributed by atoms with Gasteiger partial charge in [0, 0.05) is 19.6 Å². The van der Waals surface area contributed by atoms with Gasteiger partial charge in [0.2, 0.25) is 11.8 Å². The number of carbonyl (C=O) groups is 2. The predicted molar refractivity (Wildman–Crippen MR) is 88.1 cm³/mol. The Balaban J connectivity index is 2.71. The number of rotatable bonds is 8. The highest BCUT2D eigenvalue weighted by molar-refractivity contribution is 5.89. The fourth-order valence-electron chi connectivity index (χ4n) is 2.49. The molecule has 1 heterocycles. The zero-order valence-electron chi connectivity index (χ0n) is 13.7.